The molecule has 3 heteroatoms. The van der Waals surface area contributed by atoms with Gasteiger partial charge in [0.15, 0.2) is 5.78 Å². The maximum absolute atomic E-state index is 11.1. The van der Waals surface area contributed by atoms with Gasteiger partial charge in [0.2, 0.25) is 0 Å². The highest BCUT2D eigenvalue weighted by Crippen LogP contribution is 2.15. The minimum atomic E-state index is 0.116. The monoisotopic (exact) mass is 353 g/mol. The summed E-state index contributed by atoms with van der Waals surface area (Å²) in [6.45, 7) is 10.0. The van der Waals surface area contributed by atoms with E-state index in [9.17, 15) is 4.79 Å². The Morgan fingerprint density at radius 2 is 1.81 bits per heavy atom. The van der Waals surface area contributed by atoms with Crippen molar-refractivity contribution in [2.75, 3.05) is 20.7 Å². The molecule has 2 aromatic carbocycles. The van der Waals surface area contributed by atoms with Crippen molar-refractivity contribution in [1.82, 2.24) is 5.32 Å². The van der Waals surface area contributed by atoms with E-state index in [4.69, 9.17) is 4.74 Å². The summed E-state index contributed by atoms with van der Waals surface area (Å²) >= 11 is 0. The number of nitrogens with one attached hydrogen (secondary N) is 1. The molecule has 140 valence electrons. The fourth-order valence-corrected chi connectivity index (χ4v) is 2.01. The molecule has 0 aromatic heterocycles. The van der Waals surface area contributed by atoms with Crippen LogP contribution in [0.3, 0.4) is 0 Å². The molecule has 0 amide bonds. The fraction of sp³-hybridized carbons (Fsp3) is 0.261. The Balaban J connectivity index is 0.000000446. The van der Waals surface area contributed by atoms with Gasteiger partial charge in [0.05, 0.1) is 7.11 Å². The number of Topliss-reactive ketones (excluding diaryl/α,β-unsaturated/α-hetero) is 1. The molecule has 0 heterocycles. The van der Waals surface area contributed by atoms with Crippen molar-refractivity contribution in [2.24, 2.45) is 0 Å². The number of fused-ring (bicyclic) bond motifs is 1. The first-order valence-corrected chi connectivity index (χ1v) is 8.80. The van der Waals surface area contributed by atoms with E-state index in [1.165, 1.54) is 5.39 Å². The van der Waals surface area contributed by atoms with Gasteiger partial charge in [-0.15, -0.1) is 0 Å². The average Bonchev–Trinajstić information content (AvgIpc) is 2.69. The number of hydrogen-bond donors (Lipinski definition) is 1. The van der Waals surface area contributed by atoms with Gasteiger partial charge in [-0.05, 0) is 43.0 Å². The highest BCUT2D eigenvalue weighted by Gasteiger charge is 1.99. The van der Waals surface area contributed by atoms with Crippen LogP contribution in [0.4, 0.5) is 0 Å². The predicted molar refractivity (Wildman–Crippen MR) is 114 cm³/mol. The molecule has 0 aliphatic rings. The summed E-state index contributed by atoms with van der Waals surface area (Å²) < 4.78 is 5.01. The van der Waals surface area contributed by atoms with Crippen LogP contribution in [0.25, 0.3) is 10.8 Å². The van der Waals surface area contributed by atoms with Crippen LogP contribution in [0.1, 0.15) is 31.1 Å². The standard InChI is InChI=1S/C12H10O.C9H15NO.C2H6/c1-9(13)11-7-6-10-4-2-3-5-12(10)8-11;1-4-6-9(11-3)7-5-8-10-2;1-2/h2-8H,1H3;4-7,10H,1,8H2,2-3H3;1-2H3/b;7-5+,9-6+;. The number of ether oxygens (including phenoxy) is 1. The van der Waals surface area contributed by atoms with E-state index in [2.05, 4.69) is 11.9 Å². The number of benzene rings is 2. The maximum Gasteiger partial charge on any atom is 0.159 e. The minimum absolute atomic E-state index is 0.116. The van der Waals surface area contributed by atoms with Crippen LogP contribution in [0.2, 0.25) is 0 Å². The number of allylic oxidation sites excluding steroid dienone is 3. The van der Waals surface area contributed by atoms with Gasteiger partial charge < -0.3 is 10.1 Å². The molecule has 2 aromatic rings. The number of ketones is 1. The third-order valence-electron chi connectivity index (χ3n) is 3.28. The Morgan fingerprint density at radius 1 is 1.15 bits per heavy atom. The summed E-state index contributed by atoms with van der Waals surface area (Å²) in [5.74, 6) is 0.931. The van der Waals surface area contributed by atoms with E-state index in [0.29, 0.717) is 0 Å². The van der Waals surface area contributed by atoms with Crippen molar-refractivity contribution in [2.45, 2.75) is 20.8 Å². The minimum Gasteiger partial charge on any atom is -0.497 e. The average molecular weight is 354 g/mol. The second-order valence-corrected chi connectivity index (χ2v) is 5.09. The van der Waals surface area contributed by atoms with E-state index in [1.807, 2.05) is 81.6 Å². The molecular formula is C23H31NO2. The molecule has 0 saturated carbocycles. The molecule has 0 radical (unpaired) electrons. The van der Waals surface area contributed by atoms with Crippen LogP contribution in [0.5, 0.6) is 0 Å². The van der Waals surface area contributed by atoms with Gasteiger partial charge in [-0.25, -0.2) is 0 Å². The van der Waals surface area contributed by atoms with Crippen molar-refractivity contribution >= 4 is 16.6 Å². The lowest BCUT2D eigenvalue weighted by molar-refractivity contribution is 0.101. The van der Waals surface area contributed by atoms with Crippen molar-refractivity contribution in [1.29, 1.82) is 0 Å². The van der Waals surface area contributed by atoms with Crippen LogP contribution in [-0.2, 0) is 4.74 Å². The largest absolute Gasteiger partial charge is 0.497 e. The molecule has 0 spiro atoms. The topological polar surface area (TPSA) is 38.3 Å². The lowest BCUT2D eigenvalue weighted by atomic mass is 10.1. The SMILES string of the molecule is C=C/C=C(\C=C\CNC)OC.CC.CC(=O)c1ccc2ccccc2c1. The molecule has 0 aliphatic carbocycles. The fourth-order valence-electron chi connectivity index (χ4n) is 2.01. The Kier molecular flexibility index (Phi) is 13.2. The van der Waals surface area contributed by atoms with E-state index in [1.54, 1.807) is 20.1 Å². The quantitative estimate of drug-likeness (QED) is 0.420. The molecular weight excluding hydrogens is 322 g/mol. The first kappa shape index (κ1) is 23.4. The second kappa shape index (κ2) is 14.7. The third-order valence-corrected chi connectivity index (χ3v) is 3.28. The van der Waals surface area contributed by atoms with E-state index >= 15 is 0 Å². The zero-order valence-corrected chi connectivity index (χ0v) is 16.6. The summed E-state index contributed by atoms with van der Waals surface area (Å²) in [6, 6.07) is 13.8. The van der Waals surface area contributed by atoms with Crippen LogP contribution >= 0.6 is 0 Å². The highest BCUT2D eigenvalue weighted by atomic mass is 16.5. The van der Waals surface area contributed by atoms with Gasteiger partial charge >= 0.3 is 0 Å². The molecule has 0 fully saturated rings. The van der Waals surface area contributed by atoms with Crippen molar-refractivity contribution < 1.29 is 9.53 Å². The summed E-state index contributed by atoms with van der Waals surface area (Å²) in [4.78, 5) is 11.1. The van der Waals surface area contributed by atoms with Gasteiger partial charge in [-0.3, -0.25) is 4.79 Å². The van der Waals surface area contributed by atoms with E-state index < -0.39 is 0 Å². The number of methoxy groups -OCH3 is 1. The van der Waals surface area contributed by atoms with Gasteiger partial charge in [0, 0.05) is 12.1 Å². The van der Waals surface area contributed by atoms with Crippen LogP contribution in [0.15, 0.2) is 79.1 Å². The lowest BCUT2D eigenvalue weighted by Crippen LogP contribution is -2.03. The van der Waals surface area contributed by atoms with E-state index in [0.717, 1.165) is 23.3 Å². The number of carbonyl (C=O) groups excluding carboxylic acids is 1. The van der Waals surface area contributed by atoms with Crippen LogP contribution in [0, 0.1) is 0 Å². The number of hydrogen-bond acceptors (Lipinski definition) is 3. The summed E-state index contributed by atoms with van der Waals surface area (Å²) in [5, 5.41) is 5.29. The van der Waals surface area contributed by atoms with Crippen LogP contribution in [-0.4, -0.2) is 26.5 Å². The zero-order valence-electron chi connectivity index (χ0n) is 16.6. The summed E-state index contributed by atoms with van der Waals surface area (Å²) in [6.07, 6.45) is 7.39. The first-order valence-electron chi connectivity index (χ1n) is 8.80. The smallest absolute Gasteiger partial charge is 0.159 e. The summed E-state index contributed by atoms with van der Waals surface area (Å²) in [5.41, 5.74) is 0.777. The maximum atomic E-state index is 11.1. The molecule has 0 aliphatic heterocycles. The van der Waals surface area contributed by atoms with Gasteiger partial charge in [-0.1, -0.05) is 69.0 Å². The summed E-state index contributed by atoms with van der Waals surface area (Å²) in [7, 11) is 3.53. The second-order valence-electron chi connectivity index (χ2n) is 5.09. The predicted octanol–water partition coefficient (Wildman–Crippen LogP) is 5.55. The first-order chi connectivity index (χ1) is 12.6. The van der Waals surface area contributed by atoms with Gasteiger partial charge in [0.1, 0.15) is 5.76 Å². The Morgan fingerprint density at radius 3 is 2.35 bits per heavy atom. The third kappa shape index (κ3) is 9.00. The number of rotatable bonds is 6. The van der Waals surface area contributed by atoms with Crippen molar-refractivity contribution in [3.63, 3.8) is 0 Å². The Labute approximate surface area is 158 Å². The molecule has 0 atom stereocenters. The highest BCUT2D eigenvalue weighted by molar-refractivity contribution is 5.98. The zero-order chi connectivity index (χ0) is 19.8. The number of carbonyl (C=O) groups is 1. The van der Waals surface area contributed by atoms with Gasteiger partial charge in [0.25, 0.3) is 0 Å². The van der Waals surface area contributed by atoms with Crippen molar-refractivity contribution in [3.05, 3.63) is 84.7 Å². The molecule has 0 saturated heterocycles. The molecule has 26 heavy (non-hydrogen) atoms. The van der Waals surface area contributed by atoms with Crippen LogP contribution < -0.4 is 5.32 Å². The molecule has 1 N–H and O–H groups in total. The molecule has 3 nitrogen and oxygen atoms in total. The molecule has 2 rings (SSSR count). The normalized spacial score (nSPS) is 10.4. The number of likely N-dealkylation sites (N-methyl/N-ethyl adjacent to an activating group) is 1. The lowest BCUT2D eigenvalue weighted by Gasteiger charge is -1.99. The van der Waals surface area contributed by atoms with Crippen molar-refractivity contribution in [3.8, 4) is 0 Å². The molecule has 0 bridgehead atoms. The Bertz CT molecular complexity index is 730. The molecule has 0 unspecified atom stereocenters. The Hall–Kier alpha value is -2.65. The van der Waals surface area contributed by atoms with E-state index in [-0.39, 0.29) is 5.78 Å². The van der Waals surface area contributed by atoms with Gasteiger partial charge in [-0.2, -0.15) is 0 Å².